The summed E-state index contributed by atoms with van der Waals surface area (Å²) in [5, 5.41) is 0. The summed E-state index contributed by atoms with van der Waals surface area (Å²) in [5.41, 5.74) is -0.860. The first-order valence-electron chi connectivity index (χ1n) is 15.1. The molecule has 1 aliphatic heterocycles. The summed E-state index contributed by atoms with van der Waals surface area (Å²) in [7, 11) is 1.55. The molecular weight excluding hydrogens is 615 g/mol. The van der Waals surface area contributed by atoms with Crippen molar-refractivity contribution < 1.29 is 41.8 Å². The Balaban J connectivity index is 1.75. The van der Waals surface area contributed by atoms with E-state index in [-0.39, 0.29) is 37.3 Å². The molecule has 0 aromatic heterocycles. The van der Waals surface area contributed by atoms with E-state index in [1.807, 2.05) is 12.1 Å². The van der Waals surface area contributed by atoms with Crippen LogP contribution in [0.5, 0.6) is 5.75 Å². The number of anilines is 3. The minimum atomic E-state index is -4.66. The van der Waals surface area contributed by atoms with Crippen molar-refractivity contribution in [3.8, 4) is 5.75 Å². The Labute approximate surface area is 272 Å². The highest BCUT2D eigenvalue weighted by Crippen LogP contribution is 2.43. The maximum absolute atomic E-state index is 14.1. The fourth-order valence-corrected chi connectivity index (χ4v) is 5.01. The molecule has 3 aromatic carbocycles. The number of rotatable bonds is 7. The number of benzene rings is 3. The minimum Gasteiger partial charge on any atom is -0.497 e. The predicted molar refractivity (Wildman–Crippen MR) is 172 cm³/mol. The summed E-state index contributed by atoms with van der Waals surface area (Å²) in [6, 6.07) is 17.1. The maximum atomic E-state index is 14.1. The van der Waals surface area contributed by atoms with Gasteiger partial charge in [-0.1, -0.05) is 24.3 Å². The lowest BCUT2D eigenvalue weighted by atomic mass is 10.1. The van der Waals surface area contributed by atoms with Gasteiger partial charge in [0, 0.05) is 13.1 Å². The molecule has 0 atom stereocenters. The van der Waals surface area contributed by atoms with Crippen molar-refractivity contribution in [3.63, 3.8) is 0 Å². The van der Waals surface area contributed by atoms with Gasteiger partial charge < -0.3 is 24.0 Å². The number of fused-ring (bicyclic) bond motifs is 2. The van der Waals surface area contributed by atoms with Crippen molar-refractivity contribution in [2.24, 2.45) is 0 Å². The Bertz CT molecular complexity index is 1580. The molecule has 0 spiro atoms. The Hall–Kier alpha value is -4.74. The molecular formula is C35H40F3N3O6. The second-order valence-corrected chi connectivity index (χ2v) is 13.1. The van der Waals surface area contributed by atoms with E-state index in [2.05, 4.69) is 0 Å². The van der Waals surface area contributed by atoms with Crippen molar-refractivity contribution in [3.05, 3.63) is 83.4 Å². The number of amides is 3. The maximum Gasteiger partial charge on any atom is 0.419 e. The topological polar surface area (TPSA) is 88.6 Å². The second kappa shape index (κ2) is 13.5. The smallest absolute Gasteiger partial charge is 0.419 e. The van der Waals surface area contributed by atoms with Crippen LogP contribution in [0.1, 0.15) is 69.4 Å². The van der Waals surface area contributed by atoms with Gasteiger partial charge in [-0.3, -0.25) is 4.79 Å². The summed E-state index contributed by atoms with van der Waals surface area (Å²) in [6.45, 7) is 9.99. The van der Waals surface area contributed by atoms with Crippen molar-refractivity contribution in [2.75, 3.05) is 30.0 Å². The van der Waals surface area contributed by atoms with Gasteiger partial charge in [0.25, 0.3) is 5.91 Å². The Kier molecular flexibility index (Phi) is 10.1. The van der Waals surface area contributed by atoms with Crippen LogP contribution < -0.4 is 14.5 Å². The number of carbonyl (C=O) groups is 3. The van der Waals surface area contributed by atoms with Gasteiger partial charge in [0.2, 0.25) is 0 Å². The number of imide groups is 1. The molecule has 3 aromatic rings. The lowest BCUT2D eigenvalue weighted by Gasteiger charge is -2.30. The summed E-state index contributed by atoms with van der Waals surface area (Å²) in [6.07, 6.45) is -6.38. The number of hydrogen-bond acceptors (Lipinski definition) is 7. The molecule has 1 heterocycles. The van der Waals surface area contributed by atoms with Crippen molar-refractivity contribution >= 4 is 35.2 Å². The molecule has 0 N–H and O–H groups in total. The van der Waals surface area contributed by atoms with Gasteiger partial charge in [-0.25, -0.2) is 14.5 Å². The van der Waals surface area contributed by atoms with Crippen LogP contribution in [0.4, 0.5) is 39.8 Å². The molecule has 252 valence electrons. The highest BCUT2D eigenvalue weighted by molar-refractivity contribution is 6.14. The fourth-order valence-electron chi connectivity index (χ4n) is 5.01. The Morgan fingerprint density at radius 3 is 1.83 bits per heavy atom. The number of alkyl halides is 3. The van der Waals surface area contributed by atoms with Crippen LogP contribution in [0, 0.1) is 0 Å². The predicted octanol–water partition coefficient (Wildman–Crippen LogP) is 8.57. The van der Waals surface area contributed by atoms with E-state index < -0.39 is 41.0 Å². The number of carbonyl (C=O) groups excluding carboxylic acids is 3. The molecule has 9 nitrogen and oxygen atoms in total. The normalized spacial score (nSPS) is 13.4. The second-order valence-electron chi connectivity index (χ2n) is 13.1. The van der Waals surface area contributed by atoms with Crippen LogP contribution in [0.25, 0.3) is 0 Å². The number of halogens is 3. The molecule has 0 saturated heterocycles. The highest BCUT2D eigenvalue weighted by atomic mass is 19.4. The van der Waals surface area contributed by atoms with E-state index in [9.17, 15) is 27.6 Å². The van der Waals surface area contributed by atoms with E-state index in [1.54, 1.807) is 90.0 Å². The molecule has 0 fully saturated rings. The number of nitrogens with zero attached hydrogens (tertiary/aromatic N) is 3. The molecule has 47 heavy (non-hydrogen) atoms. The first-order valence-corrected chi connectivity index (χ1v) is 15.1. The number of ether oxygens (including phenoxy) is 3. The molecule has 1 aliphatic rings. The van der Waals surface area contributed by atoms with Gasteiger partial charge >= 0.3 is 18.4 Å². The van der Waals surface area contributed by atoms with Gasteiger partial charge in [-0.05, 0) is 96.0 Å². The number of methoxy groups -OCH3 is 1. The number of para-hydroxylation sites is 2. The molecule has 0 saturated carbocycles. The van der Waals surface area contributed by atoms with Crippen LogP contribution in [-0.2, 0) is 22.2 Å². The first-order chi connectivity index (χ1) is 21.9. The van der Waals surface area contributed by atoms with Crippen LogP contribution in [0.3, 0.4) is 0 Å². The SMILES string of the molecule is COc1ccc(CN2C(=O)c3ccc(C(F)(F)F)cc3N(CCCN(C(=O)OC(C)(C)C)C(=O)OC(C)(C)C)c3ccccc32)cc1. The third-order valence-electron chi connectivity index (χ3n) is 7.05. The van der Waals surface area contributed by atoms with Crippen LogP contribution in [-0.4, -0.2) is 54.4 Å². The zero-order chi connectivity index (χ0) is 34.7. The Morgan fingerprint density at radius 2 is 1.32 bits per heavy atom. The lowest BCUT2D eigenvalue weighted by Crippen LogP contribution is -2.44. The fraction of sp³-hybridized carbons (Fsp3) is 0.400. The average molecular weight is 656 g/mol. The van der Waals surface area contributed by atoms with Gasteiger partial charge in [0.15, 0.2) is 0 Å². The van der Waals surface area contributed by atoms with Crippen LogP contribution >= 0.6 is 0 Å². The molecule has 0 bridgehead atoms. The monoisotopic (exact) mass is 655 g/mol. The molecule has 4 rings (SSSR count). The van der Waals surface area contributed by atoms with Crippen molar-refractivity contribution in [1.29, 1.82) is 0 Å². The zero-order valence-electron chi connectivity index (χ0n) is 27.6. The minimum absolute atomic E-state index is 0.0388. The third-order valence-corrected chi connectivity index (χ3v) is 7.05. The third kappa shape index (κ3) is 8.75. The van der Waals surface area contributed by atoms with E-state index in [0.717, 1.165) is 22.6 Å². The van der Waals surface area contributed by atoms with Crippen molar-refractivity contribution in [1.82, 2.24) is 4.90 Å². The average Bonchev–Trinajstić information content (AvgIpc) is 3.06. The van der Waals surface area contributed by atoms with Gasteiger partial charge in [0.05, 0.1) is 41.8 Å². The van der Waals surface area contributed by atoms with Gasteiger partial charge in [-0.15, -0.1) is 0 Å². The summed E-state index contributed by atoms with van der Waals surface area (Å²) in [5.74, 6) is 0.156. The van der Waals surface area contributed by atoms with E-state index in [0.29, 0.717) is 17.1 Å². The van der Waals surface area contributed by atoms with E-state index in [1.165, 1.54) is 11.0 Å². The van der Waals surface area contributed by atoms with Gasteiger partial charge in [-0.2, -0.15) is 13.2 Å². The Morgan fingerprint density at radius 1 is 0.766 bits per heavy atom. The van der Waals surface area contributed by atoms with E-state index >= 15 is 0 Å². The largest absolute Gasteiger partial charge is 0.497 e. The summed E-state index contributed by atoms with van der Waals surface area (Å²) >= 11 is 0. The molecule has 0 radical (unpaired) electrons. The summed E-state index contributed by atoms with van der Waals surface area (Å²) < 4.78 is 58.1. The standard InChI is InChI=1S/C35H40F3N3O6/c1-33(2,3)46-31(43)40(32(44)47-34(4,5)6)20-10-19-39-27-11-8-9-12-28(27)41(22-23-13-16-25(45-7)17-14-23)30(42)26-18-15-24(21-29(26)39)35(36,37)38/h8-9,11-18,21H,10,19-20,22H2,1-7H3. The molecule has 12 heteroatoms. The van der Waals surface area contributed by atoms with Gasteiger partial charge in [0.1, 0.15) is 17.0 Å². The quantitative estimate of drug-likeness (QED) is 0.252. The van der Waals surface area contributed by atoms with E-state index in [4.69, 9.17) is 14.2 Å². The van der Waals surface area contributed by atoms with Crippen LogP contribution in [0.15, 0.2) is 66.7 Å². The van der Waals surface area contributed by atoms with Crippen LogP contribution in [0.2, 0.25) is 0 Å². The lowest BCUT2D eigenvalue weighted by molar-refractivity contribution is -0.137. The molecule has 3 amide bonds. The molecule has 0 aliphatic carbocycles. The summed E-state index contributed by atoms with van der Waals surface area (Å²) in [4.78, 5) is 44.3. The number of hydrogen-bond donors (Lipinski definition) is 0. The zero-order valence-corrected chi connectivity index (χ0v) is 27.6. The molecule has 0 unspecified atom stereocenters. The van der Waals surface area contributed by atoms with Crippen molar-refractivity contribution in [2.45, 2.75) is 71.9 Å². The highest BCUT2D eigenvalue weighted by Gasteiger charge is 2.37. The first kappa shape index (κ1) is 35.1.